The first-order valence-corrected chi connectivity index (χ1v) is 6.98. The molecule has 20 heavy (non-hydrogen) atoms. The molecule has 0 aliphatic heterocycles. The van der Waals surface area contributed by atoms with Gasteiger partial charge in [-0.1, -0.05) is 12.8 Å². The number of aliphatic hydroxyl groups excluding tert-OH is 3. The fourth-order valence-corrected chi connectivity index (χ4v) is 2.26. The number of amides is 2. The highest BCUT2D eigenvalue weighted by molar-refractivity contribution is 5.80. The second-order valence-corrected chi connectivity index (χ2v) is 5.33. The molecule has 1 saturated carbocycles. The Balaban J connectivity index is 2.27. The minimum Gasteiger partial charge on any atom is -0.394 e. The lowest BCUT2D eigenvalue weighted by molar-refractivity contribution is -0.126. The van der Waals surface area contributed by atoms with Crippen LogP contribution in [0.4, 0.5) is 0 Å². The number of carbonyl (C=O) groups excluding carboxylic acids is 2. The normalized spacial score (nSPS) is 16.1. The van der Waals surface area contributed by atoms with Crippen molar-refractivity contribution in [3.8, 4) is 0 Å². The largest absolute Gasteiger partial charge is 0.394 e. The van der Waals surface area contributed by atoms with Gasteiger partial charge in [-0.15, -0.1) is 0 Å². The van der Waals surface area contributed by atoms with Gasteiger partial charge in [0.2, 0.25) is 11.8 Å². The van der Waals surface area contributed by atoms with Gasteiger partial charge < -0.3 is 26.0 Å². The molecular formula is C13H24N2O5. The summed E-state index contributed by atoms with van der Waals surface area (Å²) in [5.41, 5.74) is -1.41. The van der Waals surface area contributed by atoms with Gasteiger partial charge in [-0.2, -0.15) is 0 Å². The molecule has 0 spiro atoms. The third kappa shape index (κ3) is 4.73. The van der Waals surface area contributed by atoms with E-state index in [0.717, 1.165) is 25.7 Å². The zero-order valence-electron chi connectivity index (χ0n) is 11.6. The molecule has 0 heterocycles. The number of nitrogens with one attached hydrogen (secondary N) is 2. The first-order chi connectivity index (χ1) is 9.56. The van der Waals surface area contributed by atoms with Crippen LogP contribution in [0.1, 0.15) is 32.1 Å². The van der Waals surface area contributed by atoms with E-state index in [2.05, 4.69) is 10.6 Å². The van der Waals surface area contributed by atoms with Crippen LogP contribution in [0.5, 0.6) is 0 Å². The summed E-state index contributed by atoms with van der Waals surface area (Å²) in [5, 5.41) is 32.3. The molecule has 1 aliphatic rings. The average Bonchev–Trinajstić information content (AvgIpc) is 2.99. The molecule has 7 heteroatoms. The highest BCUT2D eigenvalue weighted by Crippen LogP contribution is 2.24. The van der Waals surface area contributed by atoms with E-state index in [-0.39, 0.29) is 24.8 Å². The second kappa shape index (κ2) is 8.18. The van der Waals surface area contributed by atoms with Crippen LogP contribution in [0, 0.1) is 5.92 Å². The number of rotatable bonds is 8. The fraction of sp³-hybridized carbons (Fsp3) is 0.846. The molecule has 0 unspecified atom stereocenters. The van der Waals surface area contributed by atoms with Crippen molar-refractivity contribution in [1.82, 2.24) is 10.6 Å². The Kier molecular flexibility index (Phi) is 6.90. The molecule has 0 bridgehead atoms. The van der Waals surface area contributed by atoms with Crippen molar-refractivity contribution in [2.24, 2.45) is 5.92 Å². The van der Waals surface area contributed by atoms with Crippen LogP contribution < -0.4 is 10.6 Å². The monoisotopic (exact) mass is 288 g/mol. The van der Waals surface area contributed by atoms with E-state index in [1.54, 1.807) is 0 Å². The third-order valence-electron chi connectivity index (χ3n) is 3.69. The highest BCUT2D eigenvalue weighted by atomic mass is 16.3. The van der Waals surface area contributed by atoms with Gasteiger partial charge in [0, 0.05) is 18.9 Å². The molecule has 2 amide bonds. The van der Waals surface area contributed by atoms with Gasteiger partial charge in [-0.05, 0) is 12.8 Å². The second-order valence-electron chi connectivity index (χ2n) is 5.33. The summed E-state index contributed by atoms with van der Waals surface area (Å²) < 4.78 is 0. The Hall–Kier alpha value is -1.18. The first-order valence-electron chi connectivity index (χ1n) is 6.98. The van der Waals surface area contributed by atoms with Gasteiger partial charge in [0.15, 0.2) is 0 Å². The predicted octanol–water partition coefficient (Wildman–Crippen LogP) is -1.49. The summed E-state index contributed by atoms with van der Waals surface area (Å²) in [6.07, 6.45) is 4.00. The van der Waals surface area contributed by atoms with Crippen LogP contribution >= 0.6 is 0 Å². The molecule has 0 aromatic carbocycles. The van der Waals surface area contributed by atoms with Crippen molar-refractivity contribution in [3.63, 3.8) is 0 Å². The molecule has 0 saturated heterocycles. The van der Waals surface area contributed by atoms with E-state index in [9.17, 15) is 9.59 Å². The summed E-state index contributed by atoms with van der Waals surface area (Å²) in [7, 11) is 0. The number of aliphatic hydroxyl groups is 3. The molecule has 0 aromatic rings. The van der Waals surface area contributed by atoms with Crippen LogP contribution in [0.2, 0.25) is 0 Å². The first kappa shape index (κ1) is 16.9. The van der Waals surface area contributed by atoms with Crippen LogP contribution in [-0.2, 0) is 9.59 Å². The summed E-state index contributed by atoms with van der Waals surface area (Å²) >= 11 is 0. The maximum atomic E-state index is 11.7. The predicted molar refractivity (Wildman–Crippen MR) is 71.7 cm³/mol. The van der Waals surface area contributed by atoms with Crippen LogP contribution in [0.3, 0.4) is 0 Å². The van der Waals surface area contributed by atoms with Gasteiger partial charge in [0.25, 0.3) is 0 Å². The van der Waals surface area contributed by atoms with Gasteiger partial charge in [0.05, 0.1) is 19.8 Å². The Bertz CT molecular complexity index is 316. The van der Waals surface area contributed by atoms with Gasteiger partial charge >= 0.3 is 0 Å². The zero-order valence-corrected chi connectivity index (χ0v) is 11.6. The smallest absolute Gasteiger partial charge is 0.223 e. The van der Waals surface area contributed by atoms with Crippen molar-refractivity contribution in [2.45, 2.75) is 37.6 Å². The summed E-state index contributed by atoms with van der Waals surface area (Å²) in [6.45, 7) is -1.46. The molecule has 5 N–H and O–H groups in total. The summed E-state index contributed by atoms with van der Waals surface area (Å²) in [6, 6.07) is 0. The number of carbonyl (C=O) groups is 2. The Morgan fingerprint density at radius 1 is 1.05 bits per heavy atom. The Morgan fingerprint density at radius 3 is 2.10 bits per heavy atom. The van der Waals surface area contributed by atoms with Crippen molar-refractivity contribution in [2.75, 3.05) is 26.4 Å². The molecule has 7 nitrogen and oxygen atoms in total. The topological polar surface area (TPSA) is 119 Å². The maximum Gasteiger partial charge on any atom is 0.223 e. The molecule has 1 rings (SSSR count). The Morgan fingerprint density at radius 2 is 1.60 bits per heavy atom. The zero-order chi connectivity index (χ0) is 15.0. The van der Waals surface area contributed by atoms with E-state index in [1.165, 1.54) is 0 Å². The lowest BCUT2D eigenvalue weighted by Crippen LogP contribution is -2.57. The number of hydrogen-bond donors (Lipinski definition) is 5. The molecule has 116 valence electrons. The molecular weight excluding hydrogens is 264 g/mol. The van der Waals surface area contributed by atoms with E-state index in [0.29, 0.717) is 0 Å². The van der Waals surface area contributed by atoms with Crippen molar-refractivity contribution in [1.29, 1.82) is 0 Å². The van der Waals surface area contributed by atoms with E-state index in [4.69, 9.17) is 15.3 Å². The van der Waals surface area contributed by atoms with E-state index < -0.39 is 31.3 Å². The lowest BCUT2D eigenvalue weighted by atomic mass is 10.0. The SMILES string of the molecule is O=C(CCNC(=O)C1CCCC1)NC(CO)(CO)CO. The summed E-state index contributed by atoms with van der Waals surface area (Å²) in [4.78, 5) is 23.4. The van der Waals surface area contributed by atoms with Gasteiger partial charge in [-0.3, -0.25) is 9.59 Å². The average molecular weight is 288 g/mol. The Labute approximate surface area is 118 Å². The van der Waals surface area contributed by atoms with Crippen molar-refractivity contribution >= 4 is 11.8 Å². The van der Waals surface area contributed by atoms with Crippen LogP contribution in [0.15, 0.2) is 0 Å². The van der Waals surface area contributed by atoms with E-state index >= 15 is 0 Å². The third-order valence-corrected chi connectivity index (χ3v) is 3.69. The van der Waals surface area contributed by atoms with Crippen molar-refractivity contribution in [3.05, 3.63) is 0 Å². The van der Waals surface area contributed by atoms with Crippen LogP contribution in [-0.4, -0.2) is 59.0 Å². The summed E-state index contributed by atoms with van der Waals surface area (Å²) in [5.74, 6) is -0.397. The molecule has 0 atom stereocenters. The standard InChI is InChI=1S/C13H24N2O5/c16-7-13(8-17,9-18)15-11(19)5-6-14-12(20)10-3-1-2-4-10/h10,16-18H,1-9H2,(H,14,20)(H,15,19). The number of hydrogen-bond acceptors (Lipinski definition) is 5. The van der Waals surface area contributed by atoms with Crippen molar-refractivity contribution < 1.29 is 24.9 Å². The maximum absolute atomic E-state index is 11.7. The minimum absolute atomic E-state index is 0.0203. The molecule has 0 radical (unpaired) electrons. The molecule has 0 aromatic heterocycles. The quantitative estimate of drug-likeness (QED) is 0.373. The lowest BCUT2D eigenvalue weighted by Gasteiger charge is -2.28. The molecule has 1 fully saturated rings. The van der Waals surface area contributed by atoms with Crippen LogP contribution in [0.25, 0.3) is 0 Å². The highest BCUT2D eigenvalue weighted by Gasteiger charge is 2.29. The molecule has 1 aliphatic carbocycles. The van der Waals surface area contributed by atoms with Gasteiger partial charge in [0.1, 0.15) is 5.54 Å². The van der Waals surface area contributed by atoms with Gasteiger partial charge in [-0.25, -0.2) is 0 Å². The fourth-order valence-electron chi connectivity index (χ4n) is 2.26. The minimum atomic E-state index is -1.41. The van der Waals surface area contributed by atoms with E-state index in [1.807, 2.05) is 0 Å².